The summed E-state index contributed by atoms with van der Waals surface area (Å²) in [7, 11) is 2.08. The average Bonchev–Trinajstić information content (AvgIpc) is 3.40. The Morgan fingerprint density at radius 3 is 3.07 bits per heavy atom. The Morgan fingerprint density at radius 2 is 2.30 bits per heavy atom. The molecular formula is C14H11BBrClN6O6P+. The average molecular weight is 516 g/mol. The molecule has 1 unspecified atom stereocenters. The van der Waals surface area contributed by atoms with Crippen molar-refractivity contribution in [1.29, 1.82) is 0 Å². The van der Waals surface area contributed by atoms with E-state index in [0.717, 1.165) is 4.57 Å². The minimum absolute atomic E-state index is 0.0545. The number of carbonyl (C=O) groups is 1. The fourth-order valence-corrected chi connectivity index (χ4v) is 5.06. The first-order valence-corrected chi connectivity index (χ1v) is 11.3. The maximum absolute atomic E-state index is 12.6. The van der Waals surface area contributed by atoms with Crippen LogP contribution in [0.4, 0.5) is 4.79 Å². The van der Waals surface area contributed by atoms with Crippen LogP contribution in [-0.4, -0.2) is 72.5 Å². The van der Waals surface area contributed by atoms with E-state index in [1.807, 2.05) is 0 Å². The maximum Gasteiger partial charge on any atom is 0.488 e. The van der Waals surface area contributed by atoms with Gasteiger partial charge < -0.3 is 9.47 Å². The molecule has 2 aliphatic heterocycles. The summed E-state index contributed by atoms with van der Waals surface area (Å²) in [4.78, 5) is 39.0. The van der Waals surface area contributed by atoms with Crippen molar-refractivity contribution in [2.75, 3.05) is 6.61 Å². The zero-order chi connectivity index (χ0) is 21.0. The van der Waals surface area contributed by atoms with Gasteiger partial charge >= 0.3 is 21.5 Å². The highest BCUT2D eigenvalue weighted by Gasteiger charge is 2.59. The molecule has 3 aromatic rings. The molecule has 12 nitrogen and oxygen atoms in total. The molecule has 30 heavy (non-hydrogen) atoms. The van der Waals surface area contributed by atoms with Gasteiger partial charge in [0.25, 0.3) is 0 Å². The summed E-state index contributed by atoms with van der Waals surface area (Å²) in [6, 6.07) is 0. The van der Waals surface area contributed by atoms with Crippen molar-refractivity contribution in [3.8, 4) is 0 Å². The van der Waals surface area contributed by atoms with E-state index in [1.165, 1.54) is 25.0 Å². The molecule has 3 aromatic heterocycles. The Labute approximate surface area is 183 Å². The zero-order valence-corrected chi connectivity index (χ0v) is 18.0. The number of fused-ring (bicyclic) bond motifs is 2. The fraction of sp³-hybridized carbons (Fsp3) is 0.357. The van der Waals surface area contributed by atoms with Crippen LogP contribution < -0.4 is 0 Å². The van der Waals surface area contributed by atoms with Gasteiger partial charge in [0.1, 0.15) is 30.9 Å². The number of rotatable bonds is 2. The number of aromatic nitrogens is 6. The molecule has 2 fully saturated rings. The third-order valence-corrected chi connectivity index (χ3v) is 6.48. The van der Waals surface area contributed by atoms with Crippen molar-refractivity contribution < 1.29 is 28.2 Å². The first-order chi connectivity index (χ1) is 14.3. The van der Waals surface area contributed by atoms with Crippen LogP contribution in [0.15, 0.2) is 29.8 Å². The molecular weight excluding hydrogens is 505 g/mol. The van der Waals surface area contributed by atoms with Gasteiger partial charge in [0.2, 0.25) is 0 Å². The normalized spacial score (nSPS) is 31.0. The third-order valence-electron chi connectivity index (χ3n) is 4.58. The predicted octanol–water partition coefficient (Wildman–Crippen LogP) is 1.64. The first kappa shape index (κ1) is 20.2. The Bertz CT molecular complexity index is 1120. The van der Waals surface area contributed by atoms with Crippen LogP contribution >= 0.6 is 35.4 Å². The maximum atomic E-state index is 12.6. The highest BCUT2D eigenvalue weighted by Crippen LogP contribution is 2.59. The van der Waals surface area contributed by atoms with Gasteiger partial charge in [0.05, 0.1) is 0 Å². The van der Waals surface area contributed by atoms with E-state index in [2.05, 4.69) is 35.9 Å². The summed E-state index contributed by atoms with van der Waals surface area (Å²) in [5, 5.41) is 0.142. The van der Waals surface area contributed by atoms with Gasteiger partial charge in [-0.15, -0.1) is 0 Å². The third kappa shape index (κ3) is 3.42. The lowest BCUT2D eigenvalue weighted by Crippen LogP contribution is -2.43. The molecule has 0 saturated carbocycles. The van der Waals surface area contributed by atoms with Crippen LogP contribution in [0.5, 0.6) is 0 Å². The first-order valence-electron chi connectivity index (χ1n) is 8.46. The van der Waals surface area contributed by atoms with Crippen molar-refractivity contribution in [2.45, 2.75) is 24.5 Å². The summed E-state index contributed by atoms with van der Waals surface area (Å²) in [6.45, 7) is -0.0545. The molecule has 0 spiro atoms. The summed E-state index contributed by atoms with van der Waals surface area (Å²) in [5.74, 6) is 0. The topological polar surface area (TPSA) is 136 Å². The van der Waals surface area contributed by atoms with E-state index in [9.17, 15) is 9.69 Å². The molecule has 154 valence electrons. The number of carbonyl (C=O) groups excluding carboxylic acids is 1. The van der Waals surface area contributed by atoms with Crippen molar-refractivity contribution in [3.05, 3.63) is 34.9 Å². The van der Waals surface area contributed by atoms with Crippen molar-refractivity contribution in [2.24, 2.45) is 0 Å². The van der Waals surface area contributed by atoms with Gasteiger partial charge in [-0.1, -0.05) is 11.6 Å². The van der Waals surface area contributed by atoms with Crippen LogP contribution in [0.25, 0.3) is 11.2 Å². The van der Waals surface area contributed by atoms with Crippen molar-refractivity contribution in [1.82, 2.24) is 29.1 Å². The second kappa shape index (κ2) is 7.48. The van der Waals surface area contributed by atoms with Gasteiger partial charge in [-0.3, -0.25) is 4.57 Å². The number of imidazole rings is 2. The van der Waals surface area contributed by atoms with E-state index in [4.69, 9.17) is 37.7 Å². The minimum atomic E-state index is -3.59. The molecule has 0 aliphatic carbocycles. The number of hydrogen-bond donors (Lipinski definition) is 1. The Morgan fingerprint density at radius 1 is 1.47 bits per heavy atom. The highest BCUT2D eigenvalue weighted by molar-refractivity contribution is 9.10. The Kier molecular flexibility index (Phi) is 5.05. The monoisotopic (exact) mass is 515 g/mol. The molecule has 1 N–H and O–H groups in total. The van der Waals surface area contributed by atoms with Gasteiger partial charge in [-0.25, -0.2) is 34.2 Å². The fourth-order valence-electron chi connectivity index (χ4n) is 3.31. The molecule has 0 bridgehead atoms. The standard InChI is InChI=1S/C14H11BBrClN6O6P/c15-30(25)26-3-6-8(29-30)9(28-14(24)22-2-1-18-5-22)12(27-6)23-11-7(21-13(23)16)10(17)19-4-20-11/h1-2,4-6,8-9,12,25H,3H2/q+1/t6-,8-,9-,12-,30?/m1/s1. The Hall–Kier alpha value is -1.67. The largest absolute Gasteiger partial charge is 0.488 e. The van der Waals surface area contributed by atoms with E-state index in [-0.39, 0.29) is 11.8 Å². The summed E-state index contributed by atoms with van der Waals surface area (Å²) in [5.41, 5.74) is 0.664. The molecule has 2 aliphatic rings. The highest BCUT2D eigenvalue weighted by atomic mass is 79.9. The lowest BCUT2D eigenvalue weighted by Gasteiger charge is -2.29. The lowest BCUT2D eigenvalue weighted by atomic mass is 10.1. The van der Waals surface area contributed by atoms with Crippen LogP contribution in [0.1, 0.15) is 6.23 Å². The molecule has 5 atom stereocenters. The SMILES string of the molecule is [B][P+]1(O)OC[C@H]2O[C@@H](n3c(Br)nc4c(Cl)ncnc43)[C@H](OC(=O)n3ccnc3)[C@@H]2O1. The zero-order valence-electron chi connectivity index (χ0n) is 14.8. The quantitative estimate of drug-likeness (QED) is 0.232. The van der Waals surface area contributed by atoms with Crippen molar-refractivity contribution in [3.63, 3.8) is 0 Å². The lowest BCUT2D eigenvalue weighted by molar-refractivity contribution is -0.0613. The molecule has 5 heterocycles. The number of ether oxygens (including phenoxy) is 2. The minimum Gasteiger partial charge on any atom is -0.438 e. The van der Waals surface area contributed by atoms with Gasteiger partial charge in [0, 0.05) is 12.4 Å². The number of hydrogen-bond acceptors (Lipinski definition) is 10. The smallest absolute Gasteiger partial charge is 0.438 e. The molecule has 2 saturated heterocycles. The van der Waals surface area contributed by atoms with Crippen LogP contribution in [0, 0.1) is 0 Å². The number of halogens is 2. The molecule has 0 aromatic carbocycles. The summed E-state index contributed by atoms with van der Waals surface area (Å²) in [6.07, 6.45) is 1.13. The van der Waals surface area contributed by atoms with Crippen LogP contribution in [0.3, 0.4) is 0 Å². The van der Waals surface area contributed by atoms with Crippen LogP contribution in [0.2, 0.25) is 5.15 Å². The second-order valence-corrected chi connectivity index (χ2v) is 9.07. The van der Waals surface area contributed by atoms with E-state index >= 15 is 0 Å². The van der Waals surface area contributed by atoms with Crippen molar-refractivity contribution >= 4 is 60.2 Å². The number of nitrogens with zero attached hydrogens (tertiary/aromatic N) is 6. The molecule has 16 heteroatoms. The van der Waals surface area contributed by atoms with E-state index in [0.29, 0.717) is 15.9 Å². The van der Waals surface area contributed by atoms with E-state index in [1.54, 1.807) is 4.57 Å². The van der Waals surface area contributed by atoms with Gasteiger partial charge in [-0.2, -0.15) is 9.05 Å². The molecule has 2 radical (unpaired) electrons. The predicted molar refractivity (Wildman–Crippen MR) is 106 cm³/mol. The summed E-state index contributed by atoms with van der Waals surface area (Å²) >= 11 is 9.48. The molecule has 0 amide bonds. The van der Waals surface area contributed by atoms with Gasteiger partial charge in [0.15, 0.2) is 34.0 Å². The van der Waals surface area contributed by atoms with E-state index < -0.39 is 38.5 Å². The Balaban J connectivity index is 1.57. The van der Waals surface area contributed by atoms with Gasteiger partial charge in [-0.05, 0) is 15.9 Å². The van der Waals surface area contributed by atoms with Crippen LogP contribution in [-0.2, 0) is 18.5 Å². The molecule has 5 rings (SSSR count). The second-order valence-electron chi connectivity index (χ2n) is 6.40. The summed E-state index contributed by atoms with van der Waals surface area (Å²) < 4.78 is 25.4.